The van der Waals surface area contributed by atoms with Crippen LogP contribution in [0.25, 0.3) is 0 Å². The molecule has 1 amide bonds. The fourth-order valence-electron chi connectivity index (χ4n) is 4.02. The fraction of sp³-hybridized carbons (Fsp3) is 0.381. The van der Waals surface area contributed by atoms with Crippen molar-refractivity contribution in [2.75, 3.05) is 22.8 Å². The van der Waals surface area contributed by atoms with Gasteiger partial charge in [-0.25, -0.2) is 8.42 Å². The van der Waals surface area contributed by atoms with Gasteiger partial charge in [0, 0.05) is 18.7 Å². The van der Waals surface area contributed by atoms with Crippen molar-refractivity contribution in [3.05, 3.63) is 47.0 Å². The average molecular weight is 401 g/mol. The van der Waals surface area contributed by atoms with Crippen LogP contribution in [0.15, 0.2) is 35.2 Å². The van der Waals surface area contributed by atoms with E-state index in [1.807, 2.05) is 36.9 Å². The standard InChI is InChI=1S/C21H24N2O4S/c1-3-27-18-8-6-14(2)11-19(18)28(25,26)22-17-12-15-5-4-10-23-20(24)9-7-16(13-17)21(15)23/h6,8,11-13,22H,3-5,7,9-10H2,1-2H3. The van der Waals surface area contributed by atoms with E-state index in [4.69, 9.17) is 4.74 Å². The van der Waals surface area contributed by atoms with Gasteiger partial charge in [0.1, 0.15) is 10.6 Å². The molecule has 148 valence electrons. The molecule has 0 radical (unpaired) electrons. The number of nitrogens with one attached hydrogen (secondary N) is 1. The summed E-state index contributed by atoms with van der Waals surface area (Å²) in [4.78, 5) is 14.2. The summed E-state index contributed by atoms with van der Waals surface area (Å²) in [5.74, 6) is 0.500. The van der Waals surface area contributed by atoms with Crippen LogP contribution in [0.5, 0.6) is 5.75 Å². The molecule has 2 aromatic carbocycles. The first kappa shape index (κ1) is 18.8. The Morgan fingerprint density at radius 3 is 2.61 bits per heavy atom. The maximum atomic E-state index is 13.1. The minimum absolute atomic E-state index is 0.137. The lowest BCUT2D eigenvalue weighted by Gasteiger charge is -2.35. The van der Waals surface area contributed by atoms with E-state index in [1.165, 1.54) is 0 Å². The van der Waals surface area contributed by atoms with Crippen molar-refractivity contribution in [3.8, 4) is 5.75 Å². The minimum atomic E-state index is -3.80. The average Bonchev–Trinajstić information content (AvgIpc) is 2.66. The van der Waals surface area contributed by atoms with E-state index < -0.39 is 10.0 Å². The summed E-state index contributed by atoms with van der Waals surface area (Å²) in [6.45, 7) is 4.80. The molecule has 0 saturated carbocycles. The van der Waals surface area contributed by atoms with Gasteiger partial charge >= 0.3 is 0 Å². The Morgan fingerprint density at radius 2 is 1.86 bits per heavy atom. The van der Waals surface area contributed by atoms with Gasteiger partial charge in [0.15, 0.2) is 0 Å². The molecule has 28 heavy (non-hydrogen) atoms. The van der Waals surface area contributed by atoms with Crippen molar-refractivity contribution in [2.45, 2.75) is 44.4 Å². The van der Waals surface area contributed by atoms with Gasteiger partial charge in [-0.05, 0) is 74.1 Å². The molecule has 0 aromatic heterocycles. The summed E-state index contributed by atoms with van der Waals surface area (Å²) in [5.41, 5.74) is 4.43. The molecule has 6 nitrogen and oxygen atoms in total. The van der Waals surface area contributed by atoms with Crippen LogP contribution in [0.4, 0.5) is 11.4 Å². The maximum absolute atomic E-state index is 13.1. The number of hydrogen-bond donors (Lipinski definition) is 1. The zero-order chi connectivity index (χ0) is 19.9. The first-order valence-corrected chi connectivity index (χ1v) is 11.1. The highest BCUT2D eigenvalue weighted by Crippen LogP contribution is 2.38. The van der Waals surface area contributed by atoms with E-state index in [0.717, 1.165) is 41.8 Å². The summed E-state index contributed by atoms with van der Waals surface area (Å²) < 4.78 is 34.4. The summed E-state index contributed by atoms with van der Waals surface area (Å²) in [6, 6.07) is 8.86. The zero-order valence-electron chi connectivity index (χ0n) is 16.1. The van der Waals surface area contributed by atoms with Crippen molar-refractivity contribution in [1.29, 1.82) is 0 Å². The second-order valence-corrected chi connectivity index (χ2v) is 8.93. The summed E-state index contributed by atoms with van der Waals surface area (Å²) in [7, 11) is -3.80. The number of hydrogen-bond acceptors (Lipinski definition) is 4. The molecule has 7 heteroatoms. The normalized spacial score (nSPS) is 15.9. The number of aryl methyl sites for hydroxylation is 3. The Bertz CT molecular complexity index is 1030. The number of ether oxygens (including phenoxy) is 1. The van der Waals surface area contributed by atoms with Gasteiger partial charge < -0.3 is 9.64 Å². The number of amides is 1. The smallest absolute Gasteiger partial charge is 0.265 e. The maximum Gasteiger partial charge on any atom is 0.265 e. The third-order valence-electron chi connectivity index (χ3n) is 5.22. The van der Waals surface area contributed by atoms with E-state index in [9.17, 15) is 13.2 Å². The molecule has 0 spiro atoms. The first-order valence-electron chi connectivity index (χ1n) is 9.61. The van der Waals surface area contributed by atoms with Crippen LogP contribution in [-0.2, 0) is 27.7 Å². The Balaban J connectivity index is 1.72. The van der Waals surface area contributed by atoms with Crippen LogP contribution in [0.3, 0.4) is 0 Å². The van der Waals surface area contributed by atoms with Crippen molar-refractivity contribution < 1.29 is 17.9 Å². The molecule has 2 aliphatic heterocycles. The number of rotatable bonds is 5. The molecule has 0 fully saturated rings. The molecular formula is C21H24N2O4S. The van der Waals surface area contributed by atoms with Gasteiger partial charge in [-0.3, -0.25) is 9.52 Å². The highest BCUT2D eigenvalue weighted by molar-refractivity contribution is 7.92. The van der Waals surface area contributed by atoms with Gasteiger partial charge in [-0.1, -0.05) is 6.07 Å². The van der Waals surface area contributed by atoms with Gasteiger partial charge in [0.2, 0.25) is 5.91 Å². The first-order chi connectivity index (χ1) is 13.4. The predicted molar refractivity (Wildman–Crippen MR) is 109 cm³/mol. The second kappa shape index (κ2) is 7.13. The molecule has 0 unspecified atom stereocenters. The van der Waals surface area contributed by atoms with Crippen LogP contribution >= 0.6 is 0 Å². The van der Waals surface area contributed by atoms with Crippen LogP contribution in [0.2, 0.25) is 0 Å². The van der Waals surface area contributed by atoms with E-state index in [2.05, 4.69) is 4.72 Å². The van der Waals surface area contributed by atoms with Crippen LogP contribution in [-0.4, -0.2) is 27.5 Å². The van der Waals surface area contributed by atoms with E-state index in [1.54, 1.807) is 12.1 Å². The number of anilines is 2. The molecule has 2 aromatic rings. The van der Waals surface area contributed by atoms with Gasteiger partial charge in [0.25, 0.3) is 10.0 Å². The lowest BCUT2D eigenvalue weighted by Crippen LogP contribution is -2.39. The van der Waals surface area contributed by atoms with Gasteiger partial charge in [-0.2, -0.15) is 0 Å². The quantitative estimate of drug-likeness (QED) is 0.834. The number of carbonyl (C=O) groups excluding carboxylic acids is 1. The van der Waals surface area contributed by atoms with Crippen molar-refractivity contribution in [1.82, 2.24) is 0 Å². The molecule has 1 N–H and O–H groups in total. The summed E-state index contributed by atoms with van der Waals surface area (Å²) in [5, 5.41) is 0. The molecule has 0 aliphatic carbocycles. The van der Waals surface area contributed by atoms with Crippen LogP contribution < -0.4 is 14.4 Å². The lowest BCUT2D eigenvalue weighted by molar-refractivity contribution is -0.119. The molecule has 0 saturated heterocycles. The summed E-state index contributed by atoms with van der Waals surface area (Å²) >= 11 is 0. The molecule has 2 aliphatic rings. The Kier molecular flexibility index (Phi) is 4.79. The zero-order valence-corrected chi connectivity index (χ0v) is 16.9. The van der Waals surface area contributed by atoms with Crippen molar-refractivity contribution in [2.24, 2.45) is 0 Å². The third-order valence-corrected chi connectivity index (χ3v) is 6.62. The number of benzene rings is 2. The largest absolute Gasteiger partial charge is 0.492 e. The highest BCUT2D eigenvalue weighted by Gasteiger charge is 2.30. The molecule has 4 rings (SSSR count). The lowest BCUT2D eigenvalue weighted by atomic mass is 9.91. The van der Waals surface area contributed by atoms with Crippen molar-refractivity contribution >= 4 is 27.3 Å². The number of carbonyl (C=O) groups is 1. The molecule has 0 bridgehead atoms. The molecule has 2 heterocycles. The number of sulfonamides is 1. The van der Waals surface area contributed by atoms with E-state index in [0.29, 0.717) is 30.9 Å². The van der Waals surface area contributed by atoms with Crippen molar-refractivity contribution in [3.63, 3.8) is 0 Å². The Labute approximate surface area is 165 Å². The van der Waals surface area contributed by atoms with Gasteiger partial charge in [0.05, 0.1) is 12.3 Å². The minimum Gasteiger partial charge on any atom is -0.492 e. The second-order valence-electron chi connectivity index (χ2n) is 7.28. The van der Waals surface area contributed by atoms with E-state index >= 15 is 0 Å². The topological polar surface area (TPSA) is 75.7 Å². The SMILES string of the molecule is CCOc1ccc(C)cc1S(=O)(=O)Nc1cc2c3c(c1)CCC(=O)N3CCC2. The summed E-state index contributed by atoms with van der Waals surface area (Å²) in [6.07, 6.45) is 2.84. The monoisotopic (exact) mass is 400 g/mol. The van der Waals surface area contributed by atoms with Crippen LogP contribution in [0.1, 0.15) is 36.5 Å². The highest BCUT2D eigenvalue weighted by atomic mass is 32.2. The molecular weight excluding hydrogens is 376 g/mol. The third kappa shape index (κ3) is 3.35. The Hall–Kier alpha value is -2.54. The van der Waals surface area contributed by atoms with E-state index in [-0.39, 0.29) is 10.8 Å². The van der Waals surface area contributed by atoms with Crippen LogP contribution in [0, 0.1) is 6.92 Å². The van der Waals surface area contributed by atoms with Gasteiger partial charge in [-0.15, -0.1) is 0 Å². The molecule has 0 atom stereocenters. The predicted octanol–water partition coefficient (Wildman–Crippen LogP) is 3.42. The fourth-order valence-corrected chi connectivity index (χ4v) is 5.29. The Morgan fingerprint density at radius 1 is 1.11 bits per heavy atom. The number of nitrogens with zero attached hydrogens (tertiary/aromatic N) is 1.